The predicted molar refractivity (Wildman–Crippen MR) is 130 cm³/mol. The largest absolute Gasteiger partial charge is 0.454 e. The number of pyridine rings is 2. The van der Waals surface area contributed by atoms with Gasteiger partial charge in [0, 0.05) is 37.7 Å². The number of hydrogen-bond donors (Lipinski definition) is 2. The second kappa shape index (κ2) is 10.6. The van der Waals surface area contributed by atoms with Crippen LogP contribution >= 0.6 is 11.8 Å². The van der Waals surface area contributed by atoms with Gasteiger partial charge in [-0.2, -0.15) is 11.8 Å². The van der Waals surface area contributed by atoms with Gasteiger partial charge in [-0.3, -0.25) is 19.4 Å². The molecule has 1 atom stereocenters. The zero-order valence-electron chi connectivity index (χ0n) is 19.0. The first kappa shape index (κ1) is 23.6. The summed E-state index contributed by atoms with van der Waals surface area (Å²) in [4.78, 5) is 43.3. The molecule has 0 saturated heterocycles. The van der Waals surface area contributed by atoms with Crippen LogP contribution in [0.1, 0.15) is 29.3 Å². The molecule has 10 heteroatoms. The highest BCUT2D eigenvalue weighted by molar-refractivity contribution is 7.98. The Kier molecular flexibility index (Phi) is 7.36. The molecule has 0 unspecified atom stereocenters. The normalized spacial score (nSPS) is 13.0. The van der Waals surface area contributed by atoms with Crippen LogP contribution in [0, 0.1) is 0 Å². The Labute approximate surface area is 200 Å². The molecule has 2 amide bonds. The highest BCUT2D eigenvalue weighted by atomic mass is 32.2. The zero-order valence-corrected chi connectivity index (χ0v) is 19.8. The van der Waals surface area contributed by atoms with E-state index < -0.39 is 17.4 Å². The highest BCUT2D eigenvalue weighted by Crippen LogP contribution is 2.35. The average Bonchev–Trinajstić information content (AvgIpc) is 3.32. The summed E-state index contributed by atoms with van der Waals surface area (Å²) in [5.74, 6) is 0.804. The van der Waals surface area contributed by atoms with Gasteiger partial charge < -0.3 is 24.7 Å². The highest BCUT2D eigenvalue weighted by Gasteiger charge is 2.25. The van der Waals surface area contributed by atoms with Crippen LogP contribution in [-0.2, 0) is 17.9 Å². The predicted octanol–water partition coefficient (Wildman–Crippen LogP) is 2.31. The van der Waals surface area contributed by atoms with Gasteiger partial charge in [-0.1, -0.05) is 6.07 Å². The third-order valence-corrected chi connectivity index (χ3v) is 6.23. The lowest BCUT2D eigenvalue weighted by molar-refractivity contribution is -0.123. The van der Waals surface area contributed by atoms with Crippen LogP contribution in [0.25, 0.3) is 10.9 Å². The number of fused-ring (bicyclic) bond motifs is 2. The molecule has 4 rings (SSSR count). The van der Waals surface area contributed by atoms with E-state index in [1.165, 1.54) is 6.20 Å². The van der Waals surface area contributed by atoms with Gasteiger partial charge in [0.2, 0.25) is 18.1 Å². The van der Waals surface area contributed by atoms with Gasteiger partial charge in [0.25, 0.3) is 5.91 Å². The van der Waals surface area contributed by atoms with Crippen molar-refractivity contribution in [2.45, 2.75) is 32.5 Å². The smallest absolute Gasteiger partial charge is 0.257 e. The fourth-order valence-electron chi connectivity index (χ4n) is 3.76. The van der Waals surface area contributed by atoms with E-state index in [0.717, 1.165) is 5.56 Å². The second-order valence-corrected chi connectivity index (χ2v) is 8.75. The summed E-state index contributed by atoms with van der Waals surface area (Å²) in [6, 6.07) is 6.22. The summed E-state index contributed by atoms with van der Waals surface area (Å²) in [6.07, 6.45) is 7.22. The molecule has 1 aliphatic rings. The monoisotopic (exact) mass is 482 g/mol. The number of carbonyl (C=O) groups excluding carboxylic acids is 2. The number of ether oxygens (including phenoxy) is 2. The standard InChI is InChI=1S/C24H26N4O5S/c1-3-28-13-17(22(29)16-9-20-21(10-19(16)28)33-14-32-20)23(30)27-18(6-8-34-2)24(31)26-12-15-5-4-7-25-11-15/h4-5,7,9-11,13,18H,3,6,8,12,14H2,1-2H3,(H,26,31)(H,27,30)/t18-/m0/s1. The average molecular weight is 483 g/mol. The quantitative estimate of drug-likeness (QED) is 0.481. The SMILES string of the molecule is CCn1cc(C(=O)N[C@@H](CCSC)C(=O)NCc2cccnc2)c(=O)c2cc3c(cc21)OCO3. The fourth-order valence-corrected chi connectivity index (χ4v) is 4.23. The third-order valence-electron chi connectivity index (χ3n) is 5.58. The summed E-state index contributed by atoms with van der Waals surface area (Å²) in [5, 5.41) is 5.97. The van der Waals surface area contributed by atoms with E-state index in [9.17, 15) is 14.4 Å². The van der Waals surface area contributed by atoms with Crippen molar-refractivity contribution >= 4 is 34.5 Å². The minimum atomic E-state index is -0.779. The first-order valence-electron chi connectivity index (χ1n) is 10.9. The van der Waals surface area contributed by atoms with Gasteiger partial charge in [-0.05, 0) is 43.0 Å². The number of amides is 2. The maximum Gasteiger partial charge on any atom is 0.257 e. The van der Waals surface area contributed by atoms with E-state index in [2.05, 4.69) is 15.6 Å². The van der Waals surface area contributed by atoms with Crippen molar-refractivity contribution in [3.8, 4) is 11.5 Å². The van der Waals surface area contributed by atoms with Gasteiger partial charge in [0.1, 0.15) is 11.6 Å². The Morgan fingerprint density at radius 2 is 2.06 bits per heavy atom. The number of rotatable bonds is 9. The molecule has 1 aliphatic heterocycles. The maximum absolute atomic E-state index is 13.2. The molecule has 1 aromatic carbocycles. The molecule has 0 aliphatic carbocycles. The Morgan fingerprint density at radius 1 is 1.26 bits per heavy atom. The molecule has 3 aromatic rings. The number of hydrogen-bond acceptors (Lipinski definition) is 7. The first-order valence-corrected chi connectivity index (χ1v) is 12.3. The molecular weight excluding hydrogens is 456 g/mol. The van der Waals surface area contributed by atoms with Gasteiger partial charge >= 0.3 is 0 Å². The second-order valence-electron chi connectivity index (χ2n) is 7.77. The van der Waals surface area contributed by atoms with Crippen molar-refractivity contribution in [2.24, 2.45) is 0 Å². The summed E-state index contributed by atoms with van der Waals surface area (Å²) in [6.45, 7) is 2.84. The number of carbonyl (C=O) groups is 2. The number of nitrogens with zero attached hydrogens (tertiary/aromatic N) is 2. The van der Waals surface area contributed by atoms with Crippen molar-refractivity contribution < 1.29 is 19.1 Å². The van der Waals surface area contributed by atoms with E-state index in [1.54, 1.807) is 42.4 Å². The van der Waals surface area contributed by atoms with Crippen molar-refractivity contribution in [3.63, 3.8) is 0 Å². The van der Waals surface area contributed by atoms with Crippen LogP contribution in [-0.4, -0.2) is 46.2 Å². The lowest BCUT2D eigenvalue weighted by atomic mass is 10.1. The molecule has 0 radical (unpaired) electrons. The topological polar surface area (TPSA) is 112 Å². The van der Waals surface area contributed by atoms with Gasteiger partial charge in [0.15, 0.2) is 11.5 Å². The Morgan fingerprint density at radius 3 is 2.76 bits per heavy atom. The summed E-state index contributed by atoms with van der Waals surface area (Å²) < 4.78 is 12.6. The number of thioether (sulfide) groups is 1. The molecule has 0 fully saturated rings. The van der Waals surface area contributed by atoms with Gasteiger partial charge in [0.05, 0.1) is 10.9 Å². The zero-order chi connectivity index (χ0) is 24.1. The van der Waals surface area contributed by atoms with E-state index in [0.29, 0.717) is 47.7 Å². The van der Waals surface area contributed by atoms with Crippen LogP contribution < -0.4 is 25.5 Å². The Bertz CT molecular complexity index is 1260. The molecule has 34 heavy (non-hydrogen) atoms. The fraction of sp³-hybridized carbons (Fsp3) is 0.333. The lowest BCUT2D eigenvalue weighted by Crippen LogP contribution is -2.47. The van der Waals surface area contributed by atoms with Crippen LogP contribution in [0.15, 0.2) is 47.7 Å². The van der Waals surface area contributed by atoms with E-state index >= 15 is 0 Å². The van der Waals surface area contributed by atoms with Crippen LogP contribution in [0.4, 0.5) is 0 Å². The number of benzene rings is 1. The third kappa shape index (κ3) is 5.01. The van der Waals surface area contributed by atoms with Crippen LogP contribution in [0.2, 0.25) is 0 Å². The van der Waals surface area contributed by atoms with Crippen molar-refractivity contribution in [3.05, 3.63) is 64.2 Å². The lowest BCUT2D eigenvalue weighted by Gasteiger charge is -2.19. The van der Waals surface area contributed by atoms with Crippen molar-refractivity contribution in [1.29, 1.82) is 0 Å². The number of aromatic nitrogens is 2. The van der Waals surface area contributed by atoms with Crippen LogP contribution in [0.3, 0.4) is 0 Å². The van der Waals surface area contributed by atoms with E-state index in [1.807, 2.05) is 23.8 Å². The molecular formula is C24H26N4O5S. The minimum absolute atomic E-state index is 0.0255. The Balaban J connectivity index is 1.58. The molecule has 9 nitrogen and oxygen atoms in total. The van der Waals surface area contributed by atoms with Gasteiger partial charge in [-0.15, -0.1) is 0 Å². The molecule has 2 N–H and O–H groups in total. The van der Waals surface area contributed by atoms with Crippen molar-refractivity contribution in [1.82, 2.24) is 20.2 Å². The molecule has 0 saturated carbocycles. The van der Waals surface area contributed by atoms with Crippen LogP contribution in [0.5, 0.6) is 11.5 Å². The molecule has 0 bridgehead atoms. The Hall–Kier alpha value is -3.53. The minimum Gasteiger partial charge on any atom is -0.454 e. The molecule has 0 spiro atoms. The van der Waals surface area contributed by atoms with Gasteiger partial charge in [-0.25, -0.2) is 0 Å². The molecule has 3 heterocycles. The summed E-state index contributed by atoms with van der Waals surface area (Å²) in [7, 11) is 0. The summed E-state index contributed by atoms with van der Waals surface area (Å²) in [5.41, 5.74) is 1.06. The first-order chi connectivity index (χ1) is 16.5. The van der Waals surface area contributed by atoms with E-state index in [4.69, 9.17) is 9.47 Å². The summed E-state index contributed by atoms with van der Waals surface area (Å²) >= 11 is 1.57. The molecule has 178 valence electrons. The number of nitrogens with one attached hydrogen (secondary N) is 2. The van der Waals surface area contributed by atoms with E-state index in [-0.39, 0.29) is 18.3 Å². The maximum atomic E-state index is 13.2. The van der Waals surface area contributed by atoms with Crippen molar-refractivity contribution in [2.75, 3.05) is 18.8 Å². The molecule has 2 aromatic heterocycles. The number of aryl methyl sites for hydroxylation is 1.